The van der Waals surface area contributed by atoms with Crippen LogP contribution in [-0.2, 0) is 14.2 Å². The molecule has 8 heteroatoms. The molecule has 0 amide bonds. The van der Waals surface area contributed by atoms with Crippen molar-refractivity contribution in [3.63, 3.8) is 0 Å². The number of ether oxygens (including phenoxy) is 4. The highest BCUT2D eigenvalue weighted by molar-refractivity contribution is 9.11. The number of fused-ring (bicyclic) bond motifs is 1. The quantitative estimate of drug-likeness (QED) is 0.695. The fourth-order valence-electron chi connectivity index (χ4n) is 2.56. The zero-order valence-corrected chi connectivity index (χ0v) is 16.6. The Hall–Kier alpha value is -1.09. The molecule has 0 bridgehead atoms. The predicted octanol–water partition coefficient (Wildman–Crippen LogP) is 4.01. The molecule has 1 aliphatic heterocycles. The first kappa shape index (κ1) is 17.7. The highest BCUT2D eigenvalue weighted by Crippen LogP contribution is 2.40. The van der Waals surface area contributed by atoms with Gasteiger partial charge >= 0.3 is 5.97 Å². The Bertz CT molecular complexity index is 786. The summed E-state index contributed by atoms with van der Waals surface area (Å²) in [6.45, 7) is 4.60. The number of esters is 1. The average Bonchev–Trinajstić information content (AvgIpc) is 3.09. The van der Waals surface area contributed by atoms with Crippen LogP contribution in [0.1, 0.15) is 24.3 Å². The summed E-state index contributed by atoms with van der Waals surface area (Å²) in [6, 6.07) is 3.58. The predicted molar refractivity (Wildman–Crippen MR) is 95.4 cm³/mol. The second-order valence-corrected chi connectivity index (χ2v) is 7.55. The van der Waals surface area contributed by atoms with Crippen LogP contribution in [0.2, 0.25) is 0 Å². The van der Waals surface area contributed by atoms with Gasteiger partial charge in [-0.1, -0.05) is 0 Å². The summed E-state index contributed by atoms with van der Waals surface area (Å²) in [7, 11) is 1.35. The molecule has 0 unspecified atom stereocenters. The van der Waals surface area contributed by atoms with E-state index in [1.165, 1.54) is 7.11 Å². The summed E-state index contributed by atoms with van der Waals surface area (Å²) in [5, 5.41) is 0.831. The van der Waals surface area contributed by atoms with Crippen molar-refractivity contribution in [1.82, 2.24) is 4.98 Å². The number of hydrogen-bond donors (Lipinski definition) is 1. The molecular weight excluding hydrogens is 446 g/mol. The van der Waals surface area contributed by atoms with E-state index in [0.29, 0.717) is 24.7 Å². The van der Waals surface area contributed by atoms with Crippen LogP contribution in [0, 0.1) is 0 Å². The minimum Gasteiger partial charge on any atom is -0.488 e. The number of H-pyrrole nitrogens is 1. The molecule has 1 aliphatic rings. The molecule has 2 heterocycles. The number of aromatic amines is 1. The van der Waals surface area contributed by atoms with Gasteiger partial charge in [-0.25, -0.2) is 4.79 Å². The Morgan fingerprint density at radius 2 is 2.17 bits per heavy atom. The fourth-order valence-corrected chi connectivity index (χ4v) is 4.02. The van der Waals surface area contributed by atoms with Crippen LogP contribution in [0.25, 0.3) is 10.9 Å². The van der Waals surface area contributed by atoms with Crippen molar-refractivity contribution in [3.8, 4) is 5.75 Å². The minimum atomic E-state index is -0.581. The molecule has 0 radical (unpaired) electrons. The maximum Gasteiger partial charge on any atom is 0.354 e. The van der Waals surface area contributed by atoms with Crippen molar-refractivity contribution < 1.29 is 23.7 Å². The van der Waals surface area contributed by atoms with Crippen LogP contribution in [0.3, 0.4) is 0 Å². The summed E-state index contributed by atoms with van der Waals surface area (Å²) < 4.78 is 23.4. The number of halogens is 2. The summed E-state index contributed by atoms with van der Waals surface area (Å²) in [4.78, 5) is 14.7. The van der Waals surface area contributed by atoms with Crippen molar-refractivity contribution in [2.45, 2.75) is 25.7 Å². The van der Waals surface area contributed by atoms with Crippen LogP contribution in [-0.4, -0.2) is 43.2 Å². The number of aromatic nitrogens is 1. The SMILES string of the molecule is COC(=O)c1cc2c(Br)c(OC[C@H]3COC(C)(C)O3)c(Br)cc2[nH]1. The first-order chi connectivity index (χ1) is 11.3. The minimum absolute atomic E-state index is 0.133. The standard InChI is InChI=1S/C16H17Br2NO5/c1-16(2)23-7-8(24-16)6-22-14-10(17)5-11-9(13(14)18)4-12(19-11)15(20)21-3/h4-5,8,19H,6-7H2,1-3H3/t8-/m0/s1. The first-order valence-corrected chi connectivity index (χ1v) is 8.93. The lowest BCUT2D eigenvalue weighted by molar-refractivity contribution is -0.141. The maximum atomic E-state index is 11.7. The zero-order valence-electron chi connectivity index (χ0n) is 13.4. The van der Waals surface area contributed by atoms with Gasteiger partial charge in [0, 0.05) is 10.9 Å². The average molecular weight is 463 g/mol. The molecule has 24 heavy (non-hydrogen) atoms. The number of hydrogen-bond acceptors (Lipinski definition) is 5. The third kappa shape index (κ3) is 3.46. The van der Waals surface area contributed by atoms with Crippen LogP contribution in [0.15, 0.2) is 21.1 Å². The van der Waals surface area contributed by atoms with Gasteiger partial charge in [0.15, 0.2) is 5.79 Å². The van der Waals surface area contributed by atoms with Crippen molar-refractivity contribution in [2.75, 3.05) is 20.3 Å². The van der Waals surface area contributed by atoms with Gasteiger partial charge in [0.2, 0.25) is 0 Å². The van der Waals surface area contributed by atoms with Crippen molar-refractivity contribution in [3.05, 3.63) is 26.8 Å². The van der Waals surface area contributed by atoms with E-state index in [9.17, 15) is 4.79 Å². The molecule has 1 fully saturated rings. The lowest BCUT2D eigenvalue weighted by Crippen LogP contribution is -2.25. The van der Waals surface area contributed by atoms with Gasteiger partial charge < -0.3 is 23.9 Å². The summed E-state index contributed by atoms with van der Waals surface area (Å²) in [5.74, 6) is -0.357. The maximum absolute atomic E-state index is 11.7. The van der Waals surface area contributed by atoms with Crippen LogP contribution < -0.4 is 4.74 Å². The molecule has 2 aromatic rings. The van der Waals surface area contributed by atoms with Gasteiger partial charge in [0.1, 0.15) is 24.2 Å². The third-order valence-corrected chi connectivity index (χ3v) is 5.03. The van der Waals surface area contributed by atoms with Gasteiger partial charge in [-0.15, -0.1) is 0 Å². The van der Waals surface area contributed by atoms with Gasteiger partial charge in [0.05, 0.1) is 22.7 Å². The summed E-state index contributed by atoms with van der Waals surface area (Å²) in [5.41, 5.74) is 1.18. The van der Waals surface area contributed by atoms with Crippen molar-refractivity contribution >= 4 is 48.7 Å². The summed E-state index contributed by atoms with van der Waals surface area (Å²) in [6.07, 6.45) is -0.133. The lowest BCUT2D eigenvalue weighted by Gasteiger charge is -2.18. The fraction of sp³-hybridized carbons (Fsp3) is 0.438. The van der Waals surface area contributed by atoms with Gasteiger partial charge in [-0.05, 0) is 57.8 Å². The van der Waals surface area contributed by atoms with Crippen molar-refractivity contribution in [1.29, 1.82) is 0 Å². The van der Waals surface area contributed by atoms with E-state index in [1.807, 2.05) is 19.9 Å². The number of nitrogens with one attached hydrogen (secondary N) is 1. The molecule has 3 rings (SSSR count). The van der Waals surface area contributed by atoms with Crippen LogP contribution in [0.4, 0.5) is 0 Å². The monoisotopic (exact) mass is 461 g/mol. The summed E-state index contributed by atoms with van der Waals surface area (Å²) >= 11 is 7.05. The molecule has 1 aromatic heterocycles. The Balaban J connectivity index is 1.84. The Labute approximate surface area is 156 Å². The molecule has 1 N–H and O–H groups in total. The number of carbonyl (C=O) groups is 1. The van der Waals surface area contributed by atoms with Crippen LogP contribution in [0.5, 0.6) is 5.75 Å². The first-order valence-electron chi connectivity index (χ1n) is 7.34. The largest absolute Gasteiger partial charge is 0.488 e. The molecule has 130 valence electrons. The highest BCUT2D eigenvalue weighted by atomic mass is 79.9. The zero-order chi connectivity index (χ0) is 17.5. The molecule has 1 saturated heterocycles. The van der Waals surface area contributed by atoms with E-state index in [-0.39, 0.29) is 6.10 Å². The highest BCUT2D eigenvalue weighted by Gasteiger charge is 2.33. The number of rotatable bonds is 4. The Morgan fingerprint density at radius 1 is 1.42 bits per heavy atom. The lowest BCUT2D eigenvalue weighted by atomic mass is 10.2. The molecule has 1 aromatic carbocycles. The van der Waals surface area contributed by atoms with Gasteiger partial charge in [-0.2, -0.15) is 0 Å². The third-order valence-electron chi connectivity index (χ3n) is 3.66. The van der Waals surface area contributed by atoms with E-state index >= 15 is 0 Å². The number of methoxy groups -OCH3 is 1. The Kier molecular flexibility index (Phi) is 4.92. The molecule has 1 atom stereocenters. The second-order valence-electron chi connectivity index (χ2n) is 5.90. The topological polar surface area (TPSA) is 69.8 Å². The van der Waals surface area contributed by atoms with Gasteiger partial charge in [0.25, 0.3) is 0 Å². The second kappa shape index (κ2) is 6.67. The van der Waals surface area contributed by atoms with E-state index in [2.05, 4.69) is 36.8 Å². The van der Waals surface area contributed by atoms with E-state index in [4.69, 9.17) is 18.9 Å². The number of carbonyl (C=O) groups excluding carboxylic acids is 1. The Morgan fingerprint density at radius 3 is 2.79 bits per heavy atom. The van der Waals surface area contributed by atoms with E-state index < -0.39 is 11.8 Å². The van der Waals surface area contributed by atoms with E-state index in [0.717, 1.165) is 19.8 Å². The molecule has 0 saturated carbocycles. The van der Waals surface area contributed by atoms with Crippen molar-refractivity contribution in [2.24, 2.45) is 0 Å². The molecule has 0 spiro atoms. The van der Waals surface area contributed by atoms with Gasteiger partial charge in [-0.3, -0.25) is 0 Å². The van der Waals surface area contributed by atoms with Crippen LogP contribution >= 0.6 is 31.9 Å². The smallest absolute Gasteiger partial charge is 0.354 e. The normalized spacial score (nSPS) is 19.6. The molecule has 0 aliphatic carbocycles. The van der Waals surface area contributed by atoms with E-state index in [1.54, 1.807) is 6.07 Å². The molecule has 6 nitrogen and oxygen atoms in total. The molecular formula is C16H17Br2NO5. The number of benzene rings is 1.